The molecule has 0 saturated carbocycles. The van der Waals surface area contributed by atoms with Crippen molar-refractivity contribution in [2.75, 3.05) is 0 Å². The zero-order chi connectivity index (χ0) is 9.97. The lowest BCUT2D eigenvalue weighted by Gasteiger charge is -2.23. The van der Waals surface area contributed by atoms with Crippen molar-refractivity contribution in [2.24, 2.45) is 0 Å². The normalized spacial score (nSPS) is 21.8. The van der Waals surface area contributed by atoms with E-state index < -0.39 is 0 Å². The van der Waals surface area contributed by atoms with Crippen molar-refractivity contribution in [1.82, 2.24) is 10.3 Å². The molecule has 0 radical (unpaired) electrons. The second kappa shape index (κ2) is 3.96. The number of hydrogen-bond acceptors (Lipinski definition) is 2. The Balaban J connectivity index is 2.14. The van der Waals surface area contributed by atoms with Gasteiger partial charge < -0.3 is 5.32 Å². The lowest BCUT2D eigenvalue weighted by Crippen LogP contribution is -2.32. The van der Waals surface area contributed by atoms with Crippen molar-refractivity contribution < 1.29 is 4.79 Å². The van der Waals surface area contributed by atoms with Crippen LogP contribution in [0.5, 0.6) is 0 Å². The summed E-state index contributed by atoms with van der Waals surface area (Å²) >= 11 is 5.68. The Morgan fingerprint density at radius 3 is 3.00 bits per heavy atom. The quantitative estimate of drug-likeness (QED) is 0.722. The summed E-state index contributed by atoms with van der Waals surface area (Å²) in [6.45, 7) is 0. The summed E-state index contributed by atoms with van der Waals surface area (Å²) in [6, 6.07) is 3.77. The molecule has 1 unspecified atom stereocenters. The Morgan fingerprint density at radius 1 is 1.50 bits per heavy atom. The van der Waals surface area contributed by atoms with Gasteiger partial charge in [0, 0.05) is 12.6 Å². The number of carbonyl (C=O) groups excluding carboxylic acids is 1. The van der Waals surface area contributed by atoms with Gasteiger partial charge in [-0.1, -0.05) is 17.7 Å². The fourth-order valence-electron chi connectivity index (χ4n) is 1.65. The molecule has 0 aliphatic carbocycles. The molecule has 2 rings (SSSR count). The third-order valence-electron chi connectivity index (χ3n) is 2.38. The van der Waals surface area contributed by atoms with Gasteiger partial charge in [-0.15, -0.1) is 0 Å². The molecule has 1 atom stereocenters. The highest BCUT2D eigenvalue weighted by Crippen LogP contribution is 2.23. The molecule has 1 aliphatic heterocycles. The van der Waals surface area contributed by atoms with Crippen molar-refractivity contribution >= 4 is 17.5 Å². The number of amides is 1. The summed E-state index contributed by atoms with van der Waals surface area (Å²) < 4.78 is 0. The first-order chi connectivity index (χ1) is 6.75. The van der Waals surface area contributed by atoms with Crippen LogP contribution >= 0.6 is 11.6 Å². The first kappa shape index (κ1) is 9.46. The van der Waals surface area contributed by atoms with E-state index in [1.165, 1.54) is 0 Å². The van der Waals surface area contributed by atoms with Gasteiger partial charge in [-0.3, -0.25) is 4.79 Å². The molecule has 0 spiro atoms. The Labute approximate surface area is 87.5 Å². The Hall–Kier alpha value is -1.09. The molecule has 1 saturated heterocycles. The smallest absolute Gasteiger partial charge is 0.220 e. The number of halogens is 1. The van der Waals surface area contributed by atoms with Crippen LogP contribution in [0.3, 0.4) is 0 Å². The summed E-state index contributed by atoms with van der Waals surface area (Å²) in [5, 5.41) is 3.41. The van der Waals surface area contributed by atoms with Crippen LogP contribution < -0.4 is 5.32 Å². The van der Waals surface area contributed by atoms with Crippen molar-refractivity contribution in [3.05, 3.63) is 29.0 Å². The number of hydrogen-bond donors (Lipinski definition) is 1. The van der Waals surface area contributed by atoms with E-state index in [0.717, 1.165) is 18.4 Å². The minimum absolute atomic E-state index is 0.112. The third kappa shape index (κ3) is 2.04. The topological polar surface area (TPSA) is 42.0 Å². The minimum atomic E-state index is 0.112. The second-order valence-electron chi connectivity index (χ2n) is 3.43. The van der Waals surface area contributed by atoms with Gasteiger partial charge in [-0.25, -0.2) is 4.98 Å². The van der Waals surface area contributed by atoms with E-state index in [-0.39, 0.29) is 11.9 Å². The molecule has 1 N–H and O–H groups in total. The standard InChI is InChI=1S/C10H11ClN2O/c11-9-5-4-7(6-12-9)8-2-1-3-10(14)13-8/h4-6,8H,1-3H2,(H,13,14). The number of carbonyl (C=O) groups is 1. The van der Waals surface area contributed by atoms with Gasteiger partial charge in [0.05, 0.1) is 6.04 Å². The number of aromatic nitrogens is 1. The van der Waals surface area contributed by atoms with E-state index in [1.807, 2.05) is 6.07 Å². The number of rotatable bonds is 1. The Kier molecular flexibility index (Phi) is 2.68. The lowest BCUT2D eigenvalue weighted by molar-refractivity contribution is -0.123. The molecule has 1 fully saturated rings. The maximum atomic E-state index is 11.2. The van der Waals surface area contributed by atoms with Crippen LogP contribution in [0.1, 0.15) is 30.9 Å². The van der Waals surface area contributed by atoms with Gasteiger partial charge in [0.1, 0.15) is 5.15 Å². The minimum Gasteiger partial charge on any atom is -0.349 e. The number of pyridine rings is 1. The van der Waals surface area contributed by atoms with Gasteiger partial charge >= 0.3 is 0 Å². The number of piperidine rings is 1. The largest absolute Gasteiger partial charge is 0.349 e. The first-order valence-corrected chi connectivity index (χ1v) is 5.04. The van der Waals surface area contributed by atoms with E-state index in [0.29, 0.717) is 11.6 Å². The van der Waals surface area contributed by atoms with Crippen molar-refractivity contribution in [3.8, 4) is 0 Å². The van der Waals surface area contributed by atoms with Gasteiger partial charge in [0.15, 0.2) is 0 Å². The maximum absolute atomic E-state index is 11.2. The van der Waals surface area contributed by atoms with Gasteiger partial charge in [0.25, 0.3) is 0 Å². The Morgan fingerprint density at radius 2 is 2.36 bits per heavy atom. The molecule has 0 bridgehead atoms. The van der Waals surface area contributed by atoms with E-state index >= 15 is 0 Å². The molecule has 1 aliphatic rings. The first-order valence-electron chi connectivity index (χ1n) is 4.66. The second-order valence-corrected chi connectivity index (χ2v) is 3.81. The highest BCUT2D eigenvalue weighted by molar-refractivity contribution is 6.29. The maximum Gasteiger partial charge on any atom is 0.220 e. The van der Waals surface area contributed by atoms with Crippen molar-refractivity contribution in [1.29, 1.82) is 0 Å². The van der Waals surface area contributed by atoms with Crippen LogP contribution in [0.15, 0.2) is 18.3 Å². The van der Waals surface area contributed by atoms with Crippen molar-refractivity contribution in [3.63, 3.8) is 0 Å². The fraction of sp³-hybridized carbons (Fsp3) is 0.400. The zero-order valence-electron chi connectivity index (χ0n) is 7.66. The average Bonchev–Trinajstić information content (AvgIpc) is 2.19. The van der Waals surface area contributed by atoms with E-state index in [4.69, 9.17) is 11.6 Å². The van der Waals surface area contributed by atoms with Crippen LogP contribution in [0.25, 0.3) is 0 Å². The molecule has 2 heterocycles. The molecule has 1 amide bonds. The molecule has 1 aromatic rings. The molecule has 0 aromatic carbocycles. The highest BCUT2D eigenvalue weighted by atomic mass is 35.5. The monoisotopic (exact) mass is 210 g/mol. The lowest BCUT2D eigenvalue weighted by atomic mass is 9.99. The predicted octanol–water partition coefficient (Wildman–Crippen LogP) is 2.08. The van der Waals surface area contributed by atoms with Crippen LogP contribution in [0.4, 0.5) is 0 Å². The van der Waals surface area contributed by atoms with E-state index in [2.05, 4.69) is 10.3 Å². The third-order valence-corrected chi connectivity index (χ3v) is 2.61. The summed E-state index contributed by atoms with van der Waals surface area (Å²) in [5.74, 6) is 0.121. The molecular formula is C10H11ClN2O. The molecule has 1 aromatic heterocycles. The summed E-state index contributed by atoms with van der Waals surface area (Å²) in [6.07, 6.45) is 4.28. The number of nitrogens with one attached hydrogen (secondary N) is 1. The van der Waals surface area contributed by atoms with Gasteiger partial charge in [0.2, 0.25) is 5.91 Å². The van der Waals surface area contributed by atoms with Crippen LogP contribution in [-0.2, 0) is 4.79 Å². The summed E-state index contributed by atoms with van der Waals surface area (Å²) in [4.78, 5) is 15.1. The molecule has 74 valence electrons. The van der Waals surface area contributed by atoms with Crippen molar-refractivity contribution in [2.45, 2.75) is 25.3 Å². The SMILES string of the molecule is O=C1CCCC(c2ccc(Cl)nc2)N1. The fourth-order valence-corrected chi connectivity index (χ4v) is 1.76. The number of nitrogens with zero attached hydrogens (tertiary/aromatic N) is 1. The molecule has 3 nitrogen and oxygen atoms in total. The van der Waals surface area contributed by atoms with Crippen LogP contribution in [-0.4, -0.2) is 10.9 Å². The highest BCUT2D eigenvalue weighted by Gasteiger charge is 2.19. The van der Waals surface area contributed by atoms with Gasteiger partial charge in [-0.05, 0) is 24.5 Å². The van der Waals surface area contributed by atoms with E-state index in [1.54, 1.807) is 12.3 Å². The predicted molar refractivity (Wildman–Crippen MR) is 54.0 cm³/mol. The average molecular weight is 211 g/mol. The molecular weight excluding hydrogens is 200 g/mol. The van der Waals surface area contributed by atoms with Crippen LogP contribution in [0.2, 0.25) is 5.15 Å². The van der Waals surface area contributed by atoms with E-state index in [9.17, 15) is 4.79 Å². The molecule has 4 heteroatoms. The molecule has 14 heavy (non-hydrogen) atoms. The summed E-state index contributed by atoms with van der Waals surface area (Å²) in [5.41, 5.74) is 1.03. The summed E-state index contributed by atoms with van der Waals surface area (Å²) in [7, 11) is 0. The Bertz CT molecular complexity index is 336. The van der Waals surface area contributed by atoms with Gasteiger partial charge in [-0.2, -0.15) is 0 Å². The zero-order valence-corrected chi connectivity index (χ0v) is 8.42. The van der Waals surface area contributed by atoms with Crippen LogP contribution in [0, 0.1) is 0 Å².